The van der Waals surface area contributed by atoms with Crippen LogP contribution < -0.4 is 15.0 Å². The van der Waals surface area contributed by atoms with Crippen molar-refractivity contribution in [2.24, 2.45) is 0 Å². The molecule has 1 N–H and O–H groups in total. The summed E-state index contributed by atoms with van der Waals surface area (Å²) in [6.07, 6.45) is 4.07. The summed E-state index contributed by atoms with van der Waals surface area (Å²) in [5.74, 6) is 3.26. The van der Waals surface area contributed by atoms with Crippen molar-refractivity contribution in [2.45, 2.75) is 43.1 Å². The van der Waals surface area contributed by atoms with Gasteiger partial charge in [-0.1, -0.05) is 0 Å². The highest BCUT2D eigenvalue weighted by Gasteiger charge is 2.26. The van der Waals surface area contributed by atoms with Crippen LogP contribution in [-0.2, 0) is 11.2 Å². The third-order valence-corrected chi connectivity index (χ3v) is 6.83. The van der Waals surface area contributed by atoms with E-state index in [0.717, 1.165) is 66.9 Å². The number of nitrogens with zero attached hydrogens (tertiary/aromatic N) is 4. The second-order valence-electron chi connectivity index (χ2n) is 8.32. The van der Waals surface area contributed by atoms with Crippen LogP contribution in [0.15, 0.2) is 29.2 Å². The lowest BCUT2D eigenvalue weighted by Crippen LogP contribution is -2.39. The van der Waals surface area contributed by atoms with Crippen LogP contribution in [0.1, 0.15) is 31.4 Å². The molecular weight excluding hydrogens is 429 g/mol. The number of fused-ring (bicyclic) bond motifs is 1. The molecule has 3 heterocycles. The molecule has 4 rings (SSSR count). The molecule has 1 aromatic carbocycles. The molecule has 172 valence electrons. The number of piperidine rings is 1. The first kappa shape index (κ1) is 22.6. The average Bonchev–Trinajstić information content (AvgIpc) is 3.27. The summed E-state index contributed by atoms with van der Waals surface area (Å²) in [5, 5.41) is 3.44. The van der Waals surface area contributed by atoms with Gasteiger partial charge in [-0.05, 0) is 30.7 Å². The number of anilines is 2. The van der Waals surface area contributed by atoms with E-state index in [1.54, 1.807) is 42.9 Å². The lowest BCUT2D eigenvalue weighted by Gasteiger charge is -2.32. The Hall–Kier alpha value is -2.55. The molecule has 0 atom stereocenters. The molecule has 0 unspecified atom stereocenters. The molecule has 9 heteroatoms. The number of hydrogen-bond acceptors (Lipinski definition) is 7. The largest absolute Gasteiger partial charge is 0.490 e. The minimum Gasteiger partial charge on any atom is -0.490 e. The number of carbonyl (C=O) groups excluding carboxylic acids is 1. The lowest BCUT2D eigenvalue weighted by molar-refractivity contribution is -0.128. The highest BCUT2D eigenvalue weighted by molar-refractivity contribution is 7.99. The van der Waals surface area contributed by atoms with E-state index in [-0.39, 0.29) is 17.8 Å². The van der Waals surface area contributed by atoms with Crippen molar-refractivity contribution < 1.29 is 13.9 Å². The standard InChI is InChI=1S/C23H30FN5O2S/c1-28(2)20(30)4-3-12-25-22-21-19(11-15-32-21)26-23(27-22)29-13-9-18(10-14-29)31-17-7-5-16(24)6-8-17/h5-8,18H,3-4,9-15H2,1-2H3,(H,25,26,27). The molecule has 0 spiro atoms. The molecular formula is C23H30FN5O2S. The average molecular weight is 460 g/mol. The molecule has 7 nitrogen and oxygen atoms in total. The van der Waals surface area contributed by atoms with Crippen LogP contribution >= 0.6 is 11.8 Å². The quantitative estimate of drug-likeness (QED) is 0.605. The van der Waals surface area contributed by atoms with Crippen LogP contribution in [0.2, 0.25) is 0 Å². The smallest absolute Gasteiger partial charge is 0.227 e. The summed E-state index contributed by atoms with van der Waals surface area (Å²) in [5.41, 5.74) is 1.11. The van der Waals surface area contributed by atoms with Crippen molar-refractivity contribution in [1.29, 1.82) is 0 Å². The van der Waals surface area contributed by atoms with E-state index in [2.05, 4.69) is 10.2 Å². The Bertz CT molecular complexity index is 933. The third-order valence-electron chi connectivity index (χ3n) is 5.71. The fourth-order valence-corrected chi connectivity index (χ4v) is 4.93. The fourth-order valence-electron chi connectivity index (χ4n) is 3.87. The third kappa shape index (κ3) is 5.62. The van der Waals surface area contributed by atoms with Crippen molar-refractivity contribution in [2.75, 3.05) is 49.7 Å². The Labute approximate surface area is 192 Å². The molecule has 0 radical (unpaired) electrons. The molecule has 2 aliphatic rings. The molecule has 32 heavy (non-hydrogen) atoms. The van der Waals surface area contributed by atoms with Gasteiger partial charge in [0.1, 0.15) is 23.5 Å². The van der Waals surface area contributed by atoms with E-state index < -0.39 is 0 Å². The predicted molar refractivity (Wildman–Crippen MR) is 125 cm³/mol. The highest BCUT2D eigenvalue weighted by atomic mass is 32.2. The normalized spacial score (nSPS) is 16.0. The van der Waals surface area contributed by atoms with Gasteiger partial charge < -0.3 is 19.9 Å². The first-order chi connectivity index (χ1) is 15.5. The Balaban J connectivity index is 1.35. The molecule has 1 aromatic heterocycles. The van der Waals surface area contributed by atoms with Crippen molar-refractivity contribution in [1.82, 2.24) is 14.9 Å². The minimum absolute atomic E-state index is 0.105. The fraction of sp³-hybridized carbons (Fsp3) is 0.522. The minimum atomic E-state index is -0.257. The van der Waals surface area contributed by atoms with Crippen LogP contribution in [0.25, 0.3) is 0 Å². The van der Waals surface area contributed by atoms with Crippen LogP contribution in [0.4, 0.5) is 16.2 Å². The molecule has 2 aliphatic heterocycles. The number of ether oxygens (including phenoxy) is 1. The van der Waals surface area contributed by atoms with Gasteiger partial charge >= 0.3 is 0 Å². The SMILES string of the molecule is CN(C)C(=O)CCCNc1nc(N2CCC(Oc3ccc(F)cc3)CC2)nc2c1SCC2. The van der Waals surface area contributed by atoms with Gasteiger partial charge in [-0.25, -0.2) is 9.37 Å². The molecule has 2 aromatic rings. The van der Waals surface area contributed by atoms with E-state index in [1.807, 2.05) is 0 Å². The van der Waals surface area contributed by atoms with Gasteiger partial charge in [0.05, 0.1) is 10.6 Å². The Morgan fingerprint density at radius 1 is 1.25 bits per heavy atom. The molecule has 0 bridgehead atoms. The first-order valence-electron chi connectivity index (χ1n) is 11.1. The Kier molecular flexibility index (Phi) is 7.34. The number of aromatic nitrogens is 2. The van der Waals surface area contributed by atoms with Gasteiger partial charge in [-0.15, -0.1) is 11.8 Å². The second-order valence-corrected chi connectivity index (χ2v) is 9.43. The van der Waals surface area contributed by atoms with Crippen LogP contribution in [-0.4, -0.2) is 66.4 Å². The Morgan fingerprint density at radius 3 is 2.72 bits per heavy atom. The zero-order valence-corrected chi connectivity index (χ0v) is 19.5. The maximum absolute atomic E-state index is 13.1. The zero-order chi connectivity index (χ0) is 22.5. The predicted octanol–water partition coefficient (Wildman–Crippen LogP) is 3.59. The van der Waals surface area contributed by atoms with Gasteiger partial charge in [0.25, 0.3) is 0 Å². The van der Waals surface area contributed by atoms with E-state index >= 15 is 0 Å². The van der Waals surface area contributed by atoms with E-state index in [4.69, 9.17) is 14.7 Å². The summed E-state index contributed by atoms with van der Waals surface area (Å²) in [6, 6.07) is 6.19. The number of aryl methyl sites for hydroxylation is 1. The zero-order valence-electron chi connectivity index (χ0n) is 18.6. The summed E-state index contributed by atoms with van der Waals surface area (Å²) in [7, 11) is 3.56. The summed E-state index contributed by atoms with van der Waals surface area (Å²) >= 11 is 1.79. The summed E-state index contributed by atoms with van der Waals surface area (Å²) in [6.45, 7) is 2.33. The lowest BCUT2D eigenvalue weighted by atomic mass is 10.1. The number of hydrogen-bond donors (Lipinski definition) is 1. The van der Waals surface area contributed by atoms with Gasteiger partial charge in [0.2, 0.25) is 11.9 Å². The number of amides is 1. The topological polar surface area (TPSA) is 70.6 Å². The van der Waals surface area contributed by atoms with Crippen LogP contribution in [0, 0.1) is 5.82 Å². The second kappa shape index (κ2) is 10.4. The number of thioether (sulfide) groups is 1. The highest BCUT2D eigenvalue weighted by Crippen LogP contribution is 2.37. The summed E-state index contributed by atoms with van der Waals surface area (Å²) < 4.78 is 19.1. The summed E-state index contributed by atoms with van der Waals surface area (Å²) in [4.78, 5) is 26.5. The van der Waals surface area contributed by atoms with Crippen molar-refractivity contribution in [3.63, 3.8) is 0 Å². The molecule has 1 fully saturated rings. The van der Waals surface area contributed by atoms with Gasteiger partial charge in [0, 0.05) is 65.2 Å². The molecule has 0 aliphatic carbocycles. The monoisotopic (exact) mass is 459 g/mol. The van der Waals surface area contributed by atoms with Crippen molar-refractivity contribution in [3.8, 4) is 5.75 Å². The van der Waals surface area contributed by atoms with Crippen molar-refractivity contribution >= 4 is 29.4 Å². The number of halogens is 1. The molecule has 1 saturated heterocycles. The number of carbonyl (C=O) groups is 1. The number of rotatable bonds is 8. The van der Waals surface area contributed by atoms with Crippen molar-refractivity contribution in [3.05, 3.63) is 35.8 Å². The molecule has 1 amide bonds. The maximum Gasteiger partial charge on any atom is 0.227 e. The van der Waals surface area contributed by atoms with Gasteiger partial charge in [-0.2, -0.15) is 4.98 Å². The van der Waals surface area contributed by atoms with Crippen LogP contribution in [0.5, 0.6) is 5.75 Å². The first-order valence-corrected chi connectivity index (χ1v) is 12.1. The van der Waals surface area contributed by atoms with E-state index in [9.17, 15) is 9.18 Å². The van der Waals surface area contributed by atoms with Crippen LogP contribution in [0.3, 0.4) is 0 Å². The van der Waals surface area contributed by atoms with E-state index in [1.165, 1.54) is 12.1 Å². The van der Waals surface area contributed by atoms with E-state index in [0.29, 0.717) is 18.7 Å². The molecule has 0 saturated carbocycles. The maximum atomic E-state index is 13.1. The Morgan fingerprint density at radius 2 is 2.00 bits per heavy atom. The number of nitrogens with one attached hydrogen (secondary N) is 1. The van der Waals surface area contributed by atoms with Gasteiger partial charge in [-0.3, -0.25) is 4.79 Å². The number of benzene rings is 1. The van der Waals surface area contributed by atoms with Gasteiger partial charge in [0.15, 0.2) is 0 Å².